The molecule has 1 rings (SSSR count). The number of hydrogen-bond acceptors (Lipinski definition) is 4. The number of rotatable bonds is 10. The molecule has 5 heteroatoms. The van der Waals surface area contributed by atoms with Crippen molar-refractivity contribution in [2.75, 3.05) is 40.5 Å². The summed E-state index contributed by atoms with van der Waals surface area (Å²) in [7, 11) is 3.35. The summed E-state index contributed by atoms with van der Waals surface area (Å²) in [6.45, 7) is 4.74. The Bertz CT molecular complexity index is 422. The summed E-state index contributed by atoms with van der Waals surface area (Å²) in [6, 6.07) is 6.83. The number of ketones is 1. The van der Waals surface area contributed by atoms with Crippen molar-refractivity contribution in [2.45, 2.75) is 19.4 Å². The van der Waals surface area contributed by atoms with Gasteiger partial charge in [0.05, 0.1) is 12.6 Å². The van der Waals surface area contributed by atoms with E-state index in [1.54, 1.807) is 38.5 Å². The van der Waals surface area contributed by atoms with Gasteiger partial charge in [-0.15, -0.1) is 0 Å². The second-order valence-corrected chi connectivity index (χ2v) is 5.36. The molecule has 0 saturated carbocycles. The van der Waals surface area contributed by atoms with Crippen molar-refractivity contribution >= 4 is 17.4 Å². The minimum absolute atomic E-state index is 0.0974. The molecule has 0 fully saturated rings. The number of hydrogen-bond donors (Lipinski definition) is 0. The number of nitrogens with zero attached hydrogens (tertiary/aromatic N) is 1. The first-order valence-corrected chi connectivity index (χ1v) is 7.49. The van der Waals surface area contributed by atoms with Crippen LogP contribution in [0.3, 0.4) is 0 Å². The lowest BCUT2D eigenvalue weighted by molar-refractivity contribution is 0.0748. The van der Waals surface area contributed by atoms with Crippen LogP contribution in [0.25, 0.3) is 0 Å². The maximum atomic E-state index is 12.5. The number of Topliss-reactive ketones (excluding diaryl/α,β-unsaturated/α-hetero) is 1. The molecule has 0 N–H and O–H groups in total. The van der Waals surface area contributed by atoms with E-state index in [1.165, 1.54) is 0 Å². The van der Waals surface area contributed by atoms with Gasteiger partial charge in [-0.25, -0.2) is 0 Å². The van der Waals surface area contributed by atoms with Gasteiger partial charge in [-0.05, 0) is 37.6 Å². The highest BCUT2D eigenvalue weighted by atomic mass is 35.5. The van der Waals surface area contributed by atoms with Gasteiger partial charge in [-0.1, -0.05) is 11.6 Å². The summed E-state index contributed by atoms with van der Waals surface area (Å²) in [6.07, 6.45) is 0.887. The largest absolute Gasteiger partial charge is 0.385 e. The molecule has 0 amide bonds. The third kappa shape index (κ3) is 6.14. The smallest absolute Gasteiger partial charge is 0.179 e. The van der Waals surface area contributed by atoms with Crippen LogP contribution in [-0.2, 0) is 9.47 Å². The quantitative estimate of drug-likeness (QED) is 0.492. The van der Waals surface area contributed by atoms with Crippen molar-refractivity contribution in [1.82, 2.24) is 4.90 Å². The van der Waals surface area contributed by atoms with Crippen LogP contribution >= 0.6 is 11.6 Å². The van der Waals surface area contributed by atoms with Crippen LogP contribution in [0, 0.1) is 0 Å². The molecule has 21 heavy (non-hydrogen) atoms. The first-order chi connectivity index (χ1) is 10.1. The average molecular weight is 314 g/mol. The van der Waals surface area contributed by atoms with Crippen molar-refractivity contribution in [3.8, 4) is 0 Å². The molecule has 0 aliphatic heterocycles. The molecule has 118 valence electrons. The van der Waals surface area contributed by atoms with E-state index >= 15 is 0 Å². The molecule has 1 unspecified atom stereocenters. The van der Waals surface area contributed by atoms with Crippen LogP contribution in [0.1, 0.15) is 23.7 Å². The molecular formula is C16H24ClNO3. The van der Waals surface area contributed by atoms with Crippen molar-refractivity contribution in [3.63, 3.8) is 0 Å². The molecule has 0 saturated heterocycles. The zero-order valence-corrected chi connectivity index (χ0v) is 13.7. The molecule has 0 aliphatic rings. The molecule has 4 nitrogen and oxygen atoms in total. The number of benzene rings is 1. The molecule has 1 atom stereocenters. The molecule has 0 bridgehead atoms. The molecule has 0 radical (unpaired) electrons. The number of carbonyl (C=O) groups is 1. The second-order valence-electron chi connectivity index (χ2n) is 4.92. The van der Waals surface area contributed by atoms with Gasteiger partial charge in [-0.2, -0.15) is 0 Å². The Kier molecular flexibility index (Phi) is 8.54. The fourth-order valence-corrected chi connectivity index (χ4v) is 2.27. The van der Waals surface area contributed by atoms with Crippen LogP contribution in [0.2, 0.25) is 5.02 Å². The Morgan fingerprint density at radius 2 is 1.76 bits per heavy atom. The SMILES string of the molecule is COCCCN(CCOC)C(C)C(=O)c1ccc(Cl)cc1. The maximum Gasteiger partial charge on any atom is 0.179 e. The predicted octanol–water partition coefficient (Wildman–Crippen LogP) is 2.90. The van der Waals surface area contributed by atoms with Crippen LogP contribution in [0.5, 0.6) is 0 Å². The van der Waals surface area contributed by atoms with E-state index < -0.39 is 0 Å². The normalized spacial score (nSPS) is 12.6. The molecule has 0 aliphatic carbocycles. The van der Waals surface area contributed by atoms with Gasteiger partial charge < -0.3 is 9.47 Å². The van der Waals surface area contributed by atoms with E-state index in [-0.39, 0.29) is 11.8 Å². The number of carbonyl (C=O) groups excluding carboxylic acids is 1. The fourth-order valence-electron chi connectivity index (χ4n) is 2.14. The zero-order valence-electron chi connectivity index (χ0n) is 13.0. The summed E-state index contributed by atoms with van der Waals surface area (Å²) in [5, 5.41) is 0.635. The standard InChI is InChI=1S/C16H24ClNO3/c1-13(16(19)14-5-7-15(17)8-6-14)18(10-12-21-3)9-4-11-20-2/h5-8,13H,4,9-12H2,1-3H3. The lowest BCUT2D eigenvalue weighted by Gasteiger charge is -2.27. The highest BCUT2D eigenvalue weighted by Gasteiger charge is 2.21. The number of ether oxygens (including phenoxy) is 2. The Labute approximate surface area is 132 Å². The molecule has 0 aromatic heterocycles. The van der Waals surface area contributed by atoms with E-state index in [0.29, 0.717) is 23.8 Å². The van der Waals surface area contributed by atoms with E-state index in [0.717, 1.165) is 19.5 Å². The van der Waals surface area contributed by atoms with Gasteiger partial charge in [0, 0.05) is 44.5 Å². The third-order valence-electron chi connectivity index (χ3n) is 3.43. The minimum atomic E-state index is -0.196. The van der Waals surface area contributed by atoms with Crippen LogP contribution in [0.4, 0.5) is 0 Å². The fraction of sp³-hybridized carbons (Fsp3) is 0.562. The second kappa shape index (κ2) is 9.90. The van der Waals surface area contributed by atoms with E-state index in [2.05, 4.69) is 4.90 Å². The van der Waals surface area contributed by atoms with Crippen molar-refractivity contribution in [2.24, 2.45) is 0 Å². The van der Waals surface area contributed by atoms with Gasteiger partial charge in [0.2, 0.25) is 0 Å². The van der Waals surface area contributed by atoms with Gasteiger partial charge in [0.1, 0.15) is 0 Å². The third-order valence-corrected chi connectivity index (χ3v) is 3.68. The molecule has 1 aromatic carbocycles. The van der Waals surface area contributed by atoms with Gasteiger partial charge in [-0.3, -0.25) is 9.69 Å². The average Bonchev–Trinajstić information content (AvgIpc) is 2.50. The van der Waals surface area contributed by atoms with Crippen molar-refractivity contribution < 1.29 is 14.3 Å². The summed E-state index contributed by atoms with van der Waals surface area (Å²) in [5.41, 5.74) is 0.682. The number of methoxy groups -OCH3 is 2. The van der Waals surface area contributed by atoms with E-state index in [4.69, 9.17) is 21.1 Å². The molecule has 0 spiro atoms. The van der Waals surface area contributed by atoms with E-state index in [1.807, 2.05) is 6.92 Å². The summed E-state index contributed by atoms with van der Waals surface area (Å²) >= 11 is 5.86. The van der Waals surface area contributed by atoms with Gasteiger partial charge >= 0.3 is 0 Å². The summed E-state index contributed by atoms with van der Waals surface area (Å²) in [5.74, 6) is 0.0974. The lowest BCUT2D eigenvalue weighted by atomic mass is 10.0. The lowest BCUT2D eigenvalue weighted by Crippen LogP contribution is -2.41. The van der Waals surface area contributed by atoms with Gasteiger partial charge in [0.25, 0.3) is 0 Å². The predicted molar refractivity (Wildman–Crippen MR) is 85.2 cm³/mol. The molecular weight excluding hydrogens is 290 g/mol. The first kappa shape index (κ1) is 18.1. The van der Waals surface area contributed by atoms with Crippen LogP contribution in [0.15, 0.2) is 24.3 Å². The Morgan fingerprint density at radius 3 is 2.33 bits per heavy atom. The number of halogens is 1. The van der Waals surface area contributed by atoms with Gasteiger partial charge in [0.15, 0.2) is 5.78 Å². The summed E-state index contributed by atoms with van der Waals surface area (Å²) in [4.78, 5) is 14.7. The van der Waals surface area contributed by atoms with Crippen molar-refractivity contribution in [1.29, 1.82) is 0 Å². The first-order valence-electron chi connectivity index (χ1n) is 7.12. The topological polar surface area (TPSA) is 38.8 Å². The highest BCUT2D eigenvalue weighted by Crippen LogP contribution is 2.14. The Hall–Kier alpha value is -0.940. The molecule has 1 aromatic rings. The van der Waals surface area contributed by atoms with Crippen LogP contribution in [-0.4, -0.2) is 57.2 Å². The monoisotopic (exact) mass is 313 g/mol. The Morgan fingerprint density at radius 1 is 1.14 bits per heavy atom. The zero-order chi connectivity index (χ0) is 15.7. The Balaban J connectivity index is 2.70. The highest BCUT2D eigenvalue weighted by molar-refractivity contribution is 6.30. The summed E-state index contributed by atoms with van der Waals surface area (Å²) < 4.78 is 10.2. The van der Waals surface area contributed by atoms with Crippen molar-refractivity contribution in [3.05, 3.63) is 34.9 Å². The maximum absolute atomic E-state index is 12.5. The molecule has 0 heterocycles. The van der Waals surface area contributed by atoms with Crippen LogP contribution < -0.4 is 0 Å². The minimum Gasteiger partial charge on any atom is -0.385 e. The van der Waals surface area contributed by atoms with E-state index in [9.17, 15) is 4.79 Å².